The summed E-state index contributed by atoms with van der Waals surface area (Å²) in [6.07, 6.45) is 4.77. The molecule has 0 radical (unpaired) electrons. The van der Waals surface area contributed by atoms with Gasteiger partial charge in [0.2, 0.25) is 0 Å². The van der Waals surface area contributed by atoms with Crippen molar-refractivity contribution in [1.29, 1.82) is 0 Å². The predicted octanol–water partition coefficient (Wildman–Crippen LogP) is 0.547. The first-order valence-electron chi connectivity index (χ1n) is 3.50. The van der Waals surface area contributed by atoms with Gasteiger partial charge in [-0.15, -0.1) is 0 Å². The van der Waals surface area contributed by atoms with E-state index in [1.54, 1.807) is 0 Å². The Hall–Kier alpha value is -0.830. The summed E-state index contributed by atoms with van der Waals surface area (Å²) < 4.78 is 0. The number of rotatable bonds is 3. The van der Waals surface area contributed by atoms with Crippen molar-refractivity contribution in [3.63, 3.8) is 0 Å². The van der Waals surface area contributed by atoms with Crippen molar-refractivity contribution >= 4 is 0 Å². The highest BCUT2D eigenvalue weighted by Crippen LogP contribution is 2.03. The van der Waals surface area contributed by atoms with Gasteiger partial charge in [0.15, 0.2) is 0 Å². The lowest BCUT2D eigenvalue weighted by atomic mass is 10.0. The molecule has 3 N–H and O–H groups in total. The zero-order valence-corrected chi connectivity index (χ0v) is 6.17. The van der Waals surface area contributed by atoms with Gasteiger partial charge in [0.1, 0.15) is 0 Å². The molecule has 0 bridgehead atoms. The minimum atomic E-state index is 0.553. The standard InChI is InChI=1S/C7H13N3/c1-6(3-8)2-7-4-9-10-5-7/h4-6H,2-3,8H2,1H3,(H,9,10). The Kier molecular flexibility index (Phi) is 2.45. The number of hydrogen-bond donors (Lipinski definition) is 2. The third kappa shape index (κ3) is 1.84. The van der Waals surface area contributed by atoms with Crippen LogP contribution in [0.1, 0.15) is 12.5 Å². The van der Waals surface area contributed by atoms with E-state index in [1.165, 1.54) is 5.56 Å². The van der Waals surface area contributed by atoms with Gasteiger partial charge in [-0.25, -0.2) is 0 Å². The summed E-state index contributed by atoms with van der Waals surface area (Å²) in [4.78, 5) is 0. The molecule has 0 aromatic carbocycles. The number of nitrogens with two attached hydrogens (primary N) is 1. The molecule has 56 valence electrons. The second kappa shape index (κ2) is 3.37. The van der Waals surface area contributed by atoms with Gasteiger partial charge in [-0.1, -0.05) is 6.92 Å². The highest BCUT2D eigenvalue weighted by atomic mass is 15.1. The van der Waals surface area contributed by atoms with E-state index < -0.39 is 0 Å². The topological polar surface area (TPSA) is 54.7 Å². The van der Waals surface area contributed by atoms with Crippen LogP contribution >= 0.6 is 0 Å². The Labute approximate surface area is 60.6 Å². The maximum absolute atomic E-state index is 5.46. The second-order valence-corrected chi connectivity index (χ2v) is 2.65. The second-order valence-electron chi connectivity index (χ2n) is 2.65. The van der Waals surface area contributed by atoms with Crippen LogP contribution in [0.4, 0.5) is 0 Å². The minimum absolute atomic E-state index is 0.553. The number of nitrogens with one attached hydrogen (secondary N) is 1. The Balaban J connectivity index is 2.40. The van der Waals surface area contributed by atoms with Crippen LogP contribution in [0.5, 0.6) is 0 Å². The van der Waals surface area contributed by atoms with Gasteiger partial charge in [-0.05, 0) is 24.4 Å². The lowest BCUT2D eigenvalue weighted by Gasteiger charge is -2.03. The van der Waals surface area contributed by atoms with Crippen molar-refractivity contribution in [2.24, 2.45) is 11.7 Å². The molecular formula is C7H13N3. The van der Waals surface area contributed by atoms with Crippen LogP contribution in [0.25, 0.3) is 0 Å². The van der Waals surface area contributed by atoms with Gasteiger partial charge in [0.25, 0.3) is 0 Å². The molecule has 0 fully saturated rings. The maximum Gasteiger partial charge on any atom is 0.0519 e. The van der Waals surface area contributed by atoms with E-state index in [0.717, 1.165) is 13.0 Å². The molecule has 10 heavy (non-hydrogen) atoms. The van der Waals surface area contributed by atoms with E-state index in [9.17, 15) is 0 Å². The number of aromatic nitrogens is 2. The molecule has 1 aromatic heterocycles. The Morgan fingerprint density at radius 3 is 3.10 bits per heavy atom. The highest BCUT2D eigenvalue weighted by molar-refractivity contribution is 5.03. The third-order valence-electron chi connectivity index (χ3n) is 1.54. The van der Waals surface area contributed by atoms with Crippen molar-refractivity contribution in [1.82, 2.24) is 10.2 Å². The van der Waals surface area contributed by atoms with Crippen molar-refractivity contribution in [2.45, 2.75) is 13.3 Å². The van der Waals surface area contributed by atoms with E-state index in [0.29, 0.717) is 5.92 Å². The Morgan fingerprint density at radius 2 is 2.60 bits per heavy atom. The fraction of sp³-hybridized carbons (Fsp3) is 0.571. The van der Waals surface area contributed by atoms with Crippen LogP contribution in [0, 0.1) is 5.92 Å². The quantitative estimate of drug-likeness (QED) is 0.642. The Morgan fingerprint density at radius 1 is 1.80 bits per heavy atom. The molecule has 0 spiro atoms. The SMILES string of the molecule is CC(CN)Cc1cn[nH]c1. The molecule has 0 aliphatic carbocycles. The average Bonchev–Trinajstić information content (AvgIpc) is 2.40. The first-order valence-corrected chi connectivity index (χ1v) is 3.50. The molecular weight excluding hydrogens is 126 g/mol. The Bertz CT molecular complexity index is 169. The molecule has 1 heterocycles. The van der Waals surface area contributed by atoms with Gasteiger partial charge in [0.05, 0.1) is 6.20 Å². The smallest absolute Gasteiger partial charge is 0.0519 e. The minimum Gasteiger partial charge on any atom is -0.330 e. The molecule has 3 nitrogen and oxygen atoms in total. The van der Waals surface area contributed by atoms with Gasteiger partial charge in [-0.2, -0.15) is 5.10 Å². The highest BCUT2D eigenvalue weighted by Gasteiger charge is 2.00. The largest absolute Gasteiger partial charge is 0.330 e. The molecule has 3 heteroatoms. The van der Waals surface area contributed by atoms with Crippen molar-refractivity contribution in [3.05, 3.63) is 18.0 Å². The summed E-state index contributed by atoms with van der Waals surface area (Å²) in [7, 11) is 0. The summed E-state index contributed by atoms with van der Waals surface area (Å²) in [5.41, 5.74) is 6.69. The third-order valence-corrected chi connectivity index (χ3v) is 1.54. The monoisotopic (exact) mass is 139 g/mol. The fourth-order valence-corrected chi connectivity index (χ4v) is 0.875. The zero-order valence-electron chi connectivity index (χ0n) is 6.17. The van der Waals surface area contributed by atoms with Crippen LogP contribution in [0.2, 0.25) is 0 Å². The molecule has 0 saturated heterocycles. The lowest BCUT2D eigenvalue weighted by molar-refractivity contribution is 0.593. The summed E-state index contributed by atoms with van der Waals surface area (Å²) in [6, 6.07) is 0. The number of H-pyrrole nitrogens is 1. The molecule has 1 atom stereocenters. The van der Waals surface area contributed by atoms with Gasteiger partial charge in [-0.3, -0.25) is 5.10 Å². The summed E-state index contributed by atoms with van der Waals surface area (Å²) >= 11 is 0. The van der Waals surface area contributed by atoms with E-state index >= 15 is 0 Å². The van der Waals surface area contributed by atoms with Gasteiger partial charge in [0, 0.05) is 6.20 Å². The molecule has 0 aliphatic heterocycles. The summed E-state index contributed by atoms with van der Waals surface area (Å²) in [5, 5.41) is 6.61. The molecule has 0 aliphatic rings. The van der Waals surface area contributed by atoms with Crippen LogP contribution in [-0.2, 0) is 6.42 Å². The normalized spacial score (nSPS) is 13.4. The van der Waals surface area contributed by atoms with Gasteiger partial charge < -0.3 is 5.73 Å². The predicted molar refractivity (Wildman–Crippen MR) is 40.5 cm³/mol. The first kappa shape index (κ1) is 7.28. The molecule has 0 saturated carbocycles. The fourth-order valence-electron chi connectivity index (χ4n) is 0.875. The number of hydrogen-bond acceptors (Lipinski definition) is 2. The van der Waals surface area contributed by atoms with Crippen molar-refractivity contribution < 1.29 is 0 Å². The van der Waals surface area contributed by atoms with Gasteiger partial charge >= 0.3 is 0 Å². The van der Waals surface area contributed by atoms with E-state index in [4.69, 9.17) is 5.73 Å². The summed E-state index contributed by atoms with van der Waals surface area (Å²) in [6.45, 7) is 2.87. The van der Waals surface area contributed by atoms with Crippen LogP contribution in [0.3, 0.4) is 0 Å². The zero-order chi connectivity index (χ0) is 7.40. The molecule has 1 aromatic rings. The number of aromatic amines is 1. The molecule has 1 rings (SSSR count). The molecule has 0 amide bonds. The van der Waals surface area contributed by atoms with Crippen LogP contribution < -0.4 is 5.73 Å². The summed E-state index contributed by atoms with van der Waals surface area (Å²) in [5.74, 6) is 0.553. The molecule has 1 unspecified atom stereocenters. The van der Waals surface area contributed by atoms with Crippen molar-refractivity contribution in [3.8, 4) is 0 Å². The van der Waals surface area contributed by atoms with Crippen LogP contribution in [-0.4, -0.2) is 16.7 Å². The van der Waals surface area contributed by atoms with E-state index in [-0.39, 0.29) is 0 Å². The van der Waals surface area contributed by atoms with Crippen LogP contribution in [0.15, 0.2) is 12.4 Å². The van der Waals surface area contributed by atoms with E-state index in [2.05, 4.69) is 17.1 Å². The first-order chi connectivity index (χ1) is 4.83. The number of nitrogens with zero attached hydrogens (tertiary/aromatic N) is 1. The van der Waals surface area contributed by atoms with Crippen molar-refractivity contribution in [2.75, 3.05) is 6.54 Å². The van der Waals surface area contributed by atoms with E-state index in [1.807, 2.05) is 12.4 Å². The maximum atomic E-state index is 5.46. The average molecular weight is 139 g/mol. The lowest BCUT2D eigenvalue weighted by Crippen LogP contribution is -2.12.